The second-order valence-electron chi connectivity index (χ2n) is 10.0. The molecule has 160 valence electrons. The van der Waals surface area contributed by atoms with Gasteiger partial charge in [0.1, 0.15) is 0 Å². The molecule has 0 aromatic rings. The monoisotopic (exact) mass is 395 g/mol. The van der Waals surface area contributed by atoms with Crippen LogP contribution in [0.15, 0.2) is 0 Å². The largest absolute Gasteiger partial charge is 0.351 e. The first-order chi connectivity index (χ1) is 13.5. The molecule has 0 aromatic carbocycles. The third-order valence-corrected chi connectivity index (χ3v) is 8.24. The molecule has 1 spiro atoms. The van der Waals surface area contributed by atoms with Crippen LogP contribution in [0.1, 0.15) is 65.7 Å². The zero-order valence-electron chi connectivity index (χ0n) is 17.7. The molecule has 0 unspecified atom stereocenters. The zero-order valence-corrected chi connectivity index (χ0v) is 17.7. The van der Waals surface area contributed by atoms with Gasteiger partial charge >= 0.3 is 0 Å². The van der Waals surface area contributed by atoms with E-state index in [-0.39, 0.29) is 12.2 Å². The quantitative estimate of drug-likeness (QED) is 0.677. The predicted molar refractivity (Wildman–Crippen MR) is 103 cm³/mol. The van der Waals surface area contributed by atoms with Crippen molar-refractivity contribution in [2.24, 2.45) is 23.7 Å². The number of nitrogens with zero attached hydrogens (tertiary/aromatic N) is 1. The van der Waals surface area contributed by atoms with Gasteiger partial charge in [0.2, 0.25) is 5.79 Å². The van der Waals surface area contributed by atoms with Crippen molar-refractivity contribution in [2.75, 3.05) is 26.2 Å². The first-order valence-electron chi connectivity index (χ1n) is 11.6. The standard InChI is InChI=1S/C22H37NO5/c1-15-7-8-18-16(2)19(24-14-13-23-11-5-4-6-12-23)25-20-22(18)17(15)9-10-21(3,26-20)27-28-22/h15-20H,4-14H2,1-3H3/t15-,16-,17+,18+,19+,20-,21-,22-/m1/s1. The van der Waals surface area contributed by atoms with Crippen molar-refractivity contribution in [3.8, 4) is 0 Å². The lowest BCUT2D eigenvalue weighted by molar-refractivity contribution is -0.577. The van der Waals surface area contributed by atoms with E-state index in [1.54, 1.807) is 0 Å². The molecule has 6 aliphatic rings. The van der Waals surface area contributed by atoms with E-state index < -0.39 is 17.7 Å². The average Bonchev–Trinajstić information content (AvgIpc) is 2.92. The molecular weight excluding hydrogens is 358 g/mol. The van der Waals surface area contributed by atoms with Crippen LogP contribution in [-0.2, 0) is 24.0 Å². The van der Waals surface area contributed by atoms with E-state index in [4.69, 9.17) is 24.0 Å². The first-order valence-corrected chi connectivity index (χ1v) is 11.6. The van der Waals surface area contributed by atoms with E-state index in [2.05, 4.69) is 18.7 Å². The highest BCUT2D eigenvalue weighted by Crippen LogP contribution is 2.60. The Kier molecular flexibility index (Phi) is 5.26. The minimum atomic E-state index is -0.712. The van der Waals surface area contributed by atoms with Crippen LogP contribution in [0.4, 0.5) is 0 Å². The van der Waals surface area contributed by atoms with Gasteiger partial charge in [-0.25, -0.2) is 9.78 Å². The third-order valence-electron chi connectivity index (χ3n) is 8.24. The number of rotatable bonds is 4. The van der Waals surface area contributed by atoms with Gasteiger partial charge in [-0.2, -0.15) is 0 Å². The number of likely N-dealkylation sites (tertiary alicyclic amines) is 1. The molecular formula is C22H37NO5. The normalized spacial score (nSPS) is 51.5. The van der Waals surface area contributed by atoms with Gasteiger partial charge in [0, 0.05) is 24.8 Å². The smallest absolute Gasteiger partial charge is 0.201 e. The van der Waals surface area contributed by atoms with Gasteiger partial charge in [0.15, 0.2) is 18.2 Å². The molecule has 6 fully saturated rings. The second-order valence-corrected chi connectivity index (χ2v) is 10.0. The molecule has 6 rings (SSSR count). The van der Waals surface area contributed by atoms with Gasteiger partial charge in [0.25, 0.3) is 0 Å². The molecule has 5 saturated heterocycles. The summed E-state index contributed by atoms with van der Waals surface area (Å²) in [4.78, 5) is 14.6. The predicted octanol–water partition coefficient (Wildman–Crippen LogP) is 3.70. The molecule has 0 N–H and O–H groups in total. The Balaban J connectivity index is 1.31. The van der Waals surface area contributed by atoms with Gasteiger partial charge in [0.05, 0.1) is 6.61 Å². The number of fused-ring (bicyclic) bond motifs is 2. The summed E-state index contributed by atoms with van der Waals surface area (Å²) in [5, 5.41) is 0. The van der Waals surface area contributed by atoms with E-state index in [1.807, 2.05) is 6.92 Å². The van der Waals surface area contributed by atoms with Crippen molar-refractivity contribution < 1.29 is 24.0 Å². The van der Waals surface area contributed by atoms with Crippen LogP contribution in [-0.4, -0.2) is 55.1 Å². The number of ether oxygens (including phenoxy) is 3. The van der Waals surface area contributed by atoms with Crippen LogP contribution in [0.2, 0.25) is 0 Å². The molecule has 28 heavy (non-hydrogen) atoms. The van der Waals surface area contributed by atoms with E-state index in [0.717, 1.165) is 32.4 Å². The van der Waals surface area contributed by atoms with E-state index >= 15 is 0 Å². The summed E-state index contributed by atoms with van der Waals surface area (Å²) in [6, 6.07) is 0. The summed E-state index contributed by atoms with van der Waals surface area (Å²) in [6.45, 7) is 10.7. The molecule has 0 amide bonds. The van der Waals surface area contributed by atoms with Crippen LogP contribution >= 0.6 is 0 Å². The topological polar surface area (TPSA) is 49.4 Å². The SMILES string of the molecule is C[C@H]1[C@@H](OCCN2CCCCC2)O[C@@H]2O[C@@]3(C)CC[C@H]4[C@H](C)CC[C@@H]1[C@@]24OO3. The van der Waals surface area contributed by atoms with E-state index in [1.165, 1.54) is 38.8 Å². The van der Waals surface area contributed by atoms with Gasteiger partial charge in [-0.05, 0) is 64.0 Å². The van der Waals surface area contributed by atoms with Crippen molar-refractivity contribution in [2.45, 2.75) is 89.7 Å². The molecule has 6 nitrogen and oxygen atoms in total. The zero-order chi connectivity index (χ0) is 19.4. The Hall–Kier alpha value is -0.240. The maximum Gasteiger partial charge on any atom is 0.201 e. The minimum Gasteiger partial charge on any atom is -0.351 e. The van der Waals surface area contributed by atoms with Crippen LogP contribution in [0, 0.1) is 23.7 Å². The molecule has 5 heterocycles. The molecule has 6 heteroatoms. The third kappa shape index (κ3) is 3.15. The molecule has 0 radical (unpaired) electrons. The van der Waals surface area contributed by atoms with Crippen LogP contribution < -0.4 is 0 Å². The summed E-state index contributed by atoms with van der Waals surface area (Å²) in [6.07, 6.45) is 7.63. The molecule has 0 aromatic heterocycles. The van der Waals surface area contributed by atoms with Crippen LogP contribution in [0.25, 0.3) is 0 Å². The molecule has 5 aliphatic heterocycles. The van der Waals surface area contributed by atoms with Crippen molar-refractivity contribution in [3.63, 3.8) is 0 Å². The lowest BCUT2D eigenvalue weighted by atomic mass is 9.58. The summed E-state index contributed by atoms with van der Waals surface area (Å²) in [7, 11) is 0. The van der Waals surface area contributed by atoms with Gasteiger partial charge in [-0.15, -0.1) is 0 Å². The molecule has 2 bridgehead atoms. The lowest BCUT2D eigenvalue weighted by Crippen LogP contribution is -2.70. The van der Waals surface area contributed by atoms with Gasteiger partial charge in [-0.3, -0.25) is 0 Å². The Bertz CT molecular complexity index is 569. The highest BCUT2D eigenvalue weighted by molar-refractivity contribution is 5.09. The number of piperidine rings is 1. The van der Waals surface area contributed by atoms with Crippen molar-refractivity contribution >= 4 is 0 Å². The molecule has 8 atom stereocenters. The van der Waals surface area contributed by atoms with Crippen molar-refractivity contribution in [1.29, 1.82) is 0 Å². The highest BCUT2D eigenvalue weighted by Gasteiger charge is 2.69. The van der Waals surface area contributed by atoms with Crippen molar-refractivity contribution in [3.05, 3.63) is 0 Å². The Morgan fingerprint density at radius 2 is 1.82 bits per heavy atom. The molecule has 1 saturated carbocycles. The highest BCUT2D eigenvalue weighted by atomic mass is 17.3. The maximum absolute atomic E-state index is 6.48. The second kappa shape index (κ2) is 7.47. The fourth-order valence-electron chi connectivity index (χ4n) is 6.54. The van der Waals surface area contributed by atoms with E-state index in [9.17, 15) is 0 Å². The van der Waals surface area contributed by atoms with Crippen LogP contribution in [0.5, 0.6) is 0 Å². The van der Waals surface area contributed by atoms with Crippen molar-refractivity contribution in [1.82, 2.24) is 4.90 Å². The summed E-state index contributed by atoms with van der Waals surface area (Å²) >= 11 is 0. The Labute approximate surface area is 169 Å². The Morgan fingerprint density at radius 1 is 1.00 bits per heavy atom. The minimum absolute atomic E-state index is 0.231. The van der Waals surface area contributed by atoms with Gasteiger partial charge < -0.3 is 19.1 Å². The first kappa shape index (κ1) is 19.7. The fourth-order valence-corrected chi connectivity index (χ4v) is 6.54. The average molecular weight is 396 g/mol. The summed E-state index contributed by atoms with van der Waals surface area (Å²) < 4.78 is 19.2. The Morgan fingerprint density at radius 3 is 2.64 bits per heavy atom. The van der Waals surface area contributed by atoms with E-state index in [0.29, 0.717) is 17.8 Å². The van der Waals surface area contributed by atoms with Crippen LogP contribution in [0.3, 0.4) is 0 Å². The number of hydrogen-bond donors (Lipinski definition) is 0. The lowest BCUT2D eigenvalue weighted by Gasteiger charge is -2.60. The van der Waals surface area contributed by atoms with Gasteiger partial charge in [-0.1, -0.05) is 20.3 Å². The maximum atomic E-state index is 6.48. The molecule has 1 aliphatic carbocycles. The summed E-state index contributed by atoms with van der Waals surface area (Å²) in [5.41, 5.74) is -0.486. The number of hydrogen-bond acceptors (Lipinski definition) is 6. The fraction of sp³-hybridized carbons (Fsp3) is 1.00. The summed E-state index contributed by atoms with van der Waals surface area (Å²) in [5.74, 6) is 0.907.